The van der Waals surface area contributed by atoms with Crippen LogP contribution in [0.1, 0.15) is 31.7 Å². The molecule has 1 aromatic heterocycles. The molecule has 1 aromatic carbocycles. The molecule has 0 atom stereocenters. The van der Waals surface area contributed by atoms with Gasteiger partial charge >= 0.3 is 0 Å². The summed E-state index contributed by atoms with van der Waals surface area (Å²) in [5.74, 6) is 2.43. The van der Waals surface area contributed by atoms with Gasteiger partial charge in [-0.1, -0.05) is 25.1 Å². The Kier molecular flexibility index (Phi) is 5.94. The molecule has 0 aliphatic heterocycles. The Morgan fingerprint density at radius 3 is 2.73 bits per heavy atom. The highest BCUT2D eigenvalue weighted by Crippen LogP contribution is 2.32. The van der Waals surface area contributed by atoms with Crippen molar-refractivity contribution in [1.29, 1.82) is 0 Å². The lowest BCUT2D eigenvalue weighted by Gasteiger charge is -2.17. The lowest BCUT2D eigenvalue weighted by molar-refractivity contribution is 0.300. The van der Waals surface area contributed by atoms with Crippen LogP contribution in [0.2, 0.25) is 0 Å². The fourth-order valence-corrected chi connectivity index (χ4v) is 2.53. The van der Waals surface area contributed by atoms with Gasteiger partial charge in [-0.2, -0.15) is 0 Å². The fraction of sp³-hybridized carbons (Fsp3) is 0.400. The van der Waals surface area contributed by atoms with Crippen LogP contribution >= 0.6 is 0 Å². The predicted molar refractivity (Wildman–Crippen MR) is 103 cm³/mol. The summed E-state index contributed by atoms with van der Waals surface area (Å²) in [4.78, 5) is 10.9. The summed E-state index contributed by atoms with van der Waals surface area (Å²) >= 11 is 0. The van der Waals surface area contributed by atoms with Gasteiger partial charge in [0.2, 0.25) is 5.88 Å². The molecule has 2 N–H and O–H groups in total. The van der Waals surface area contributed by atoms with Crippen molar-refractivity contribution in [2.75, 3.05) is 13.7 Å². The molecule has 0 unspecified atom stereocenters. The van der Waals surface area contributed by atoms with Crippen LogP contribution in [0.4, 0.5) is 0 Å². The third-order valence-corrected chi connectivity index (χ3v) is 4.23. The molecule has 2 aromatic rings. The molecular weight excluding hydrogens is 328 g/mol. The molecule has 1 aliphatic rings. The lowest BCUT2D eigenvalue weighted by Crippen LogP contribution is -2.35. The van der Waals surface area contributed by atoms with Crippen LogP contribution in [-0.4, -0.2) is 35.5 Å². The maximum atomic E-state index is 6.08. The first kappa shape index (κ1) is 18.0. The van der Waals surface area contributed by atoms with E-state index in [1.807, 2.05) is 48.3 Å². The van der Waals surface area contributed by atoms with Crippen molar-refractivity contribution in [2.45, 2.75) is 38.8 Å². The predicted octanol–water partition coefficient (Wildman–Crippen LogP) is 3.57. The third kappa shape index (κ3) is 4.65. The summed E-state index contributed by atoms with van der Waals surface area (Å²) in [6.07, 6.45) is 5.01. The molecule has 6 nitrogen and oxygen atoms in total. The van der Waals surface area contributed by atoms with Crippen LogP contribution in [0, 0.1) is 0 Å². The number of nitrogens with two attached hydrogens (primary N) is 1. The minimum absolute atomic E-state index is 0.421. The average molecular weight is 354 g/mol. The first-order valence-corrected chi connectivity index (χ1v) is 9.05. The molecule has 0 amide bonds. The summed E-state index contributed by atoms with van der Waals surface area (Å²) in [6.45, 7) is 3.13. The topological polar surface area (TPSA) is 73.0 Å². The Labute approximate surface area is 154 Å². The summed E-state index contributed by atoms with van der Waals surface area (Å²) in [6, 6.07) is 12.0. The summed E-state index contributed by atoms with van der Waals surface area (Å²) in [5, 5.41) is 0. The first-order chi connectivity index (χ1) is 12.7. The highest BCUT2D eigenvalue weighted by atomic mass is 16.5. The number of hydrogen-bond donors (Lipinski definition) is 1. The van der Waals surface area contributed by atoms with Gasteiger partial charge in [0.15, 0.2) is 17.5 Å². The van der Waals surface area contributed by atoms with E-state index in [2.05, 4.69) is 16.9 Å². The molecule has 1 saturated carbocycles. The van der Waals surface area contributed by atoms with Gasteiger partial charge in [-0.15, -0.1) is 0 Å². The highest BCUT2D eigenvalue weighted by Gasteiger charge is 2.27. The lowest BCUT2D eigenvalue weighted by atomic mass is 10.2. The number of benzene rings is 1. The van der Waals surface area contributed by atoms with E-state index in [1.54, 1.807) is 6.20 Å². The second kappa shape index (κ2) is 8.56. The van der Waals surface area contributed by atoms with Gasteiger partial charge in [0, 0.05) is 24.8 Å². The van der Waals surface area contributed by atoms with E-state index in [0.29, 0.717) is 42.5 Å². The monoisotopic (exact) mass is 354 g/mol. The van der Waals surface area contributed by atoms with Crippen LogP contribution in [0.15, 0.2) is 47.6 Å². The van der Waals surface area contributed by atoms with Gasteiger partial charge in [0.05, 0.1) is 13.2 Å². The van der Waals surface area contributed by atoms with E-state index < -0.39 is 0 Å². The molecule has 0 spiro atoms. The van der Waals surface area contributed by atoms with E-state index in [-0.39, 0.29) is 0 Å². The van der Waals surface area contributed by atoms with Crippen molar-refractivity contribution in [2.24, 2.45) is 10.7 Å². The number of aliphatic imine (C=N–C) groups is 1. The number of aromatic nitrogens is 1. The number of guanidine groups is 1. The van der Waals surface area contributed by atoms with Crippen LogP contribution < -0.4 is 15.2 Å². The molecule has 0 saturated heterocycles. The van der Waals surface area contributed by atoms with Crippen molar-refractivity contribution in [1.82, 2.24) is 9.88 Å². The molecular formula is C20H26N4O2. The molecule has 138 valence electrons. The Balaban J connectivity index is 1.74. The molecule has 0 radical (unpaired) electrons. The van der Waals surface area contributed by atoms with E-state index in [4.69, 9.17) is 15.2 Å². The molecule has 26 heavy (non-hydrogen) atoms. The van der Waals surface area contributed by atoms with Crippen molar-refractivity contribution in [3.8, 4) is 17.4 Å². The fourth-order valence-electron chi connectivity index (χ4n) is 2.53. The maximum Gasteiger partial charge on any atom is 0.224 e. The van der Waals surface area contributed by atoms with Crippen molar-refractivity contribution < 1.29 is 9.47 Å². The molecule has 0 bridgehead atoms. The number of pyridine rings is 1. The molecule has 1 fully saturated rings. The standard InChI is InChI=1S/C20H26N4O2/c1-3-13-25-17-8-4-5-9-18(17)26-19-15(7-6-12-22-19)14-23-20(21)24(2)16-10-11-16/h4-9,12,16H,3,10-11,13-14H2,1-2H3,(H2,21,23). The molecule has 6 heteroatoms. The molecule has 1 heterocycles. The van der Waals surface area contributed by atoms with E-state index in [0.717, 1.165) is 12.0 Å². The Hall–Kier alpha value is -2.76. The smallest absolute Gasteiger partial charge is 0.224 e. The highest BCUT2D eigenvalue weighted by molar-refractivity contribution is 5.78. The van der Waals surface area contributed by atoms with Crippen molar-refractivity contribution >= 4 is 5.96 Å². The van der Waals surface area contributed by atoms with Crippen LogP contribution in [0.5, 0.6) is 17.4 Å². The first-order valence-electron chi connectivity index (χ1n) is 9.05. The van der Waals surface area contributed by atoms with Gasteiger partial charge < -0.3 is 20.1 Å². The number of ether oxygens (including phenoxy) is 2. The summed E-state index contributed by atoms with van der Waals surface area (Å²) in [5.41, 5.74) is 6.96. The Morgan fingerprint density at radius 2 is 2.00 bits per heavy atom. The summed E-state index contributed by atoms with van der Waals surface area (Å²) < 4.78 is 11.8. The van der Waals surface area contributed by atoms with Crippen molar-refractivity contribution in [3.05, 3.63) is 48.2 Å². The van der Waals surface area contributed by atoms with E-state index in [1.165, 1.54) is 12.8 Å². The third-order valence-electron chi connectivity index (χ3n) is 4.23. The van der Waals surface area contributed by atoms with Gasteiger partial charge in [-0.25, -0.2) is 9.98 Å². The van der Waals surface area contributed by atoms with Crippen LogP contribution in [0.3, 0.4) is 0 Å². The van der Waals surface area contributed by atoms with E-state index >= 15 is 0 Å². The van der Waals surface area contributed by atoms with Crippen LogP contribution in [-0.2, 0) is 6.54 Å². The minimum atomic E-state index is 0.421. The average Bonchev–Trinajstić information content (AvgIpc) is 3.51. The summed E-state index contributed by atoms with van der Waals surface area (Å²) in [7, 11) is 1.98. The van der Waals surface area contributed by atoms with Gasteiger partial charge in [-0.05, 0) is 37.5 Å². The van der Waals surface area contributed by atoms with Gasteiger partial charge in [0.25, 0.3) is 0 Å². The molecule has 3 rings (SSSR count). The zero-order chi connectivity index (χ0) is 18.4. The largest absolute Gasteiger partial charge is 0.490 e. The quantitative estimate of drug-likeness (QED) is 0.579. The normalized spacial score (nSPS) is 14.2. The number of hydrogen-bond acceptors (Lipinski definition) is 4. The second-order valence-electron chi connectivity index (χ2n) is 6.38. The molecule has 1 aliphatic carbocycles. The zero-order valence-corrected chi connectivity index (χ0v) is 15.4. The number of rotatable bonds is 8. The van der Waals surface area contributed by atoms with Crippen LogP contribution in [0.25, 0.3) is 0 Å². The van der Waals surface area contributed by atoms with Gasteiger partial charge in [-0.3, -0.25) is 0 Å². The van der Waals surface area contributed by atoms with E-state index in [9.17, 15) is 0 Å². The van der Waals surface area contributed by atoms with Gasteiger partial charge in [0.1, 0.15) is 0 Å². The second-order valence-corrected chi connectivity index (χ2v) is 6.38. The Morgan fingerprint density at radius 1 is 1.23 bits per heavy atom. The van der Waals surface area contributed by atoms with Crippen molar-refractivity contribution in [3.63, 3.8) is 0 Å². The SMILES string of the molecule is CCCOc1ccccc1Oc1ncccc1CN=C(N)N(C)C1CC1. The maximum absolute atomic E-state index is 6.08. The Bertz CT molecular complexity index is 759. The number of nitrogens with zero attached hydrogens (tertiary/aromatic N) is 3. The minimum Gasteiger partial charge on any atom is -0.490 e. The zero-order valence-electron chi connectivity index (χ0n) is 15.4. The number of para-hydroxylation sites is 2.